The Morgan fingerprint density at radius 2 is 1.42 bits per heavy atom. The standard InChI is InChI=1S/C9H12N2O2S.C6H6O3S/c1-11-9(10)7-3-5-8(6-4-7)14(2,12)13;7-10(8,9)6-4-2-1-3-5-6/h3-6H,1-2H3,(H2,10,11);1-5H,(H,7,8,9). The van der Waals surface area contributed by atoms with Crippen LogP contribution in [0, 0.1) is 0 Å². The van der Waals surface area contributed by atoms with E-state index >= 15 is 0 Å². The molecule has 2 aromatic rings. The molecule has 0 aliphatic rings. The number of hydrogen-bond acceptors (Lipinski definition) is 5. The van der Waals surface area contributed by atoms with Crippen molar-refractivity contribution in [3.05, 3.63) is 60.2 Å². The Labute approximate surface area is 141 Å². The Morgan fingerprint density at radius 1 is 0.917 bits per heavy atom. The molecule has 2 rings (SSSR count). The number of benzene rings is 2. The highest BCUT2D eigenvalue weighted by Gasteiger charge is 2.07. The van der Waals surface area contributed by atoms with Crippen molar-refractivity contribution >= 4 is 25.8 Å². The highest BCUT2D eigenvalue weighted by Crippen LogP contribution is 2.09. The monoisotopic (exact) mass is 370 g/mol. The summed E-state index contributed by atoms with van der Waals surface area (Å²) in [6.07, 6.45) is 1.17. The molecule has 2 aromatic carbocycles. The van der Waals surface area contributed by atoms with Crippen molar-refractivity contribution in [3.63, 3.8) is 0 Å². The Balaban J connectivity index is 0.000000254. The molecule has 0 saturated heterocycles. The molecule has 130 valence electrons. The average Bonchev–Trinajstić information content (AvgIpc) is 2.54. The molecule has 0 fully saturated rings. The lowest BCUT2D eigenvalue weighted by Gasteiger charge is -2.01. The van der Waals surface area contributed by atoms with Gasteiger partial charge in [-0.1, -0.05) is 30.3 Å². The molecule has 0 aliphatic heterocycles. The second-order valence-corrected chi connectivity index (χ2v) is 8.13. The first-order valence-electron chi connectivity index (χ1n) is 6.61. The molecule has 0 aliphatic carbocycles. The topological polar surface area (TPSA) is 127 Å². The Bertz CT molecular complexity index is 904. The van der Waals surface area contributed by atoms with Gasteiger partial charge >= 0.3 is 0 Å². The molecule has 24 heavy (non-hydrogen) atoms. The summed E-state index contributed by atoms with van der Waals surface area (Å²) in [6.45, 7) is 0. The van der Waals surface area contributed by atoms with E-state index in [4.69, 9.17) is 10.3 Å². The fraction of sp³-hybridized carbons (Fsp3) is 0.133. The first kappa shape index (κ1) is 19.8. The van der Waals surface area contributed by atoms with Crippen LogP contribution in [-0.4, -0.2) is 40.5 Å². The van der Waals surface area contributed by atoms with Gasteiger partial charge in [-0.25, -0.2) is 8.42 Å². The minimum absolute atomic E-state index is 0.0741. The number of hydrogen-bond donors (Lipinski definition) is 2. The van der Waals surface area contributed by atoms with Gasteiger partial charge in [0.15, 0.2) is 9.84 Å². The van der Waals surface area contributed by atoms with Gasteiger partial charge in [0, 0.05) is 18.9 Å². The Morgan fingerprint density at radius 3 is 1.75 bits per heavy atom. The quantitative estimate of drug-likeness (QED) is 0.477. The van der Waals surface area contributed by atoms with Crippen LogP contribution < -0.4 is 5.73 Å². The molecule has 0 spiro atoms. The van der Waals surface area contributed by atoms with Crippen LogP contribution in [0.1, 0.15) is 5.56 Å². The van der Waals surface area contributed by atoms with Gasteiger partial charge in [-0.05, 0) is 24.3 Å². The number of sulfone groups is 1. The predicted octanol–water partition coefficient (Wildman–Crippen LogP) is 1.36. The van der Waals surface area contributed by atoms with E-state index < -0.39 is 20.0 Å². The SMILES string of the molecule is CN=C(N)c1ccc(S(C)(=O)=O)cc1.O=S(=O)(O)c1ccccc1. The summed E-state index contributed by atoms with van der Waals surface area (Å²) in [5.74, 6) is 0.394. The molecule has 0 amide bonds. The second-order valence-electron chi connectivity index (χ2n) is 4.69. The van der Waals surface area contributed by atoms with Crippen molar-refractivity contribution in [1.29, 1.82) is 0 Å². The maximum atomic E-state index is 11.1. The number of amidine groups is 1. The van der Waals surface area contributed by atoms with Gasteiger partial charge in [-0.3, -0.25) is 9.55 Å². The van der Waals surface area contributed by atoms with Crippen molar-refractivity contribution in [2.45, 2.75) is 9.79 Å². The zero-order valence-electron chi connectivity index (χ0n) is 13.1. The first-order chi connectivity index (χ1) is 11.1. The van der Waals surface area contributed by atoms with Crippen molar-refractivity contribution in [3.8, 4) is 0 Å². The molecule has 0 unspecified atom stereocenters. The smallest absolute Gasteiger partial charge is 0.294 e. The zero-order chi connectivity index (χ0) is 18.4. The van der Waals surface area contributed by atoms with E-state index in [1.807, 2.05) is 0 Å². The summed E-state index contributed by atoms with van der Waals surface area (Å²) in [6, 6.07) is 13.7. The molecule has 9 heteroatoms. The minimum Gasteiger partial charge on any atom is -0.384 e. The molecule has 7 nitrogen and oxygen atoms in total. The molecular formula is C15H18N2O5S2. The van der Waals surface area contributed by atoms with Crippen molar-refractivity contribution in [2.75, 3.05) is 13.3 Å². The fourth-order valence-corrected chi connectivity index (χ4v) is 2.73. The van der Waals surface area contributed by atoms with Crippen LogP contribution in [0.5, 0.6) is 0 Å². The highest BCUT2D eigenvalue weighted by molar-refractivity contribution is 7.90. The minimum atomic E-state index is -4.00. The fourth-order valence-electron chi connectivity index (χ4n) is 1.59. The predicted molar refractivity (Wildman–Crippen MR) is 92.5 cm³/mol. The van der Waals surface area contributed by atoms with Crippen molar-refractivity contribution in [2.24, 2.45) is 10.7 Å². The van der Waals surface area contributed by atoms with E-state index in [9.17, 15) is 16.8 Å². The summed E-state index contributed by atoms with van der Waals surface area (Å²) in [7, 11) is -5.55. The van der Waals surface area contributed by atoms with Crippen LogP contribution in [-0.2, 0) is 20.0 Å². The molecule has 3 N–H and O–H groups in total. The largest absolute Gasteiger partial charge is 0.384 e. The molecular weight excluding hydrogens is 352 g/mol. The van der Waals surface area contributed by atoms with Gasteiger partial charge in [0.2, 0.25) is 0 Å². The van der Waals surface area contributed by atoms with Crippen LogP contribution in [0.15, 0.2) is 69.4 Å². The molecule has 0 bridgehead atoms. The Hall–Kier alpha value is -2.23. The third-order valence-corrected chi connectivity index (χ3v) is 4.86. The zero-order valence-corrected chi connectivity index (χ0v) is 14.8. The Kier molecular flexibility index (Phi) is 6.64. The van der Waals surface area contributed by atoms with E-state index in [2.05, 4.69) is 4.99 Å². The van der Waals surface area contributed by atoms with E-state index in [-0.39, 0.29) is 9.79 Å². The molecule has 0 heterocycles. The van der Waals surface area contributed by atoms with Gasteiger partial charge < -0.3 is 5.73 Å². The van der Waals surface area contributed by atoms with Gasteiger partial charge in [0.05, 0.1) is 9.79 Å². The van der Waals surface area contributed by atoms with Crippen molar-refractivity contribution < 1.29 is 21.4 Å². The molecule has 0 radical (unpaired) electrons. The maximum Gasteiger partial charge on any atom is 0.294 e. The molecule has 0 aromatic heterocycles. The lowest BCUT2D eigenvalue weighted by molar-refractivity contribution is 0.483. The van der Waals surface area contributed by atoms with Crippen molar-refractivity contribution in [1.82, 2.24) is 0 Å². The van der Waals surface area contributed by atoms with E-state index in [1.54, 1.807) is 37.4 Å². The summed E-state index contributed by atoms with van der Waals surface area (Å²) in [4.78, 5) is 4.00. The van der Waals surface area contributed by atoms with E-state index in [1.165, 1.54) is 30.5 Å². The summed E-state index contributed by atoms with van der Waals surface area (Å²) in [5, 5.41) is 0. The van der Waals surface area contributed by atoms with Gasteiger partial charge in [-0.2, -0.15) is 8.42 Å². The number of nitrogens with zero attached hydrogens (tertiary/aromatic N) is 1. The lowest BCUT2D eigenvalue weighted by Crippen LogP contribution is -2.12. The second kappa shape index (κ2) is 8.04. The van der Waals surface area contributed by atoms with Gasteiger partial charge in [0.25, 0.3) is 10.1 Å². The van der Waals surface area contributed by atoms with Gasteiger partial charge in [0.1, 0.15) is 5.84 Å². The van der Waals surface area contributed by atoms with Crippen LogP contribution in [0.25, 0.3) is 0 Å². The van der Waals surface area contributed by atoms with E-state index in [0.717, 1.165) is 5.56 Å². The summed E-state index contributed by atoms with van der Waals surface area (Å²) in [5.41, 5.74) is 6.28. The first-order valence-corrected chi connectivity index (χ1v) is 9.94. The molecule has 0 atom stereocenters. The van der Waals surface area contributed by atoms with Crippen LogP contribution in [0.2, 0.25) is 0 Å². The third-order valence-electron chi connectivity index (χ3n) is 2.86. The number of nitrogens with two attached hydrogens (primary N) is 1. The molecule has 0 saturated carbocycles. The van der Waals surface area contributed by atoms with Crippen LogP contribution >= 0.6 is 0 Å². The third kappa shape index (κ3) is 6.11. The number of aliphatic imine (C=N–C) groups is 1. The summed E-state index contributed by atoms with van der Waals surface area (Å²) >= 11 is 0. The normalized spacial score (nSPS) is 12.2. The maximum absolute atomic E-state index is 11.1. The average molecular weight is 370 g/mol. The highest BCUT2D eigenvalue weighted by atomic mass is 32.2. The van der Waals surface area contributed by atoms with Crippen LogP contribution in [0.4, 0.5) is 0 Å². The van der Waals surface area contributed by atoms with E-state index in [0.29, 0.717) is 5.84 Å². The van der Waals surface area contributed by atoms with Gasteiger partial charge in [-0.15, -0.1) is 0 Å². The lowest BCUT2D eigenvalue weighted by atomic mass is 10.2. The van der Waals surface area contributed by atoms with Crippen LogP contribution in [0.3, 0.4) is 0 Å². The summed E-state index contributed by atoms with van der Waals surface area (Å²) < 4.78 is 51.5. The number of rotatable bonds is 3.